The van der Waals surface area contributed by atoms with E-state index in [1.165, 1.54) is 11.1 Å². The van der Waals surface area contributed by atoms with Crippen molar-refractivity contribution in [1.29, 1.82) is 0 Å². The van der Waals surface area contributed by atoms with Crippen molar-refractivity contribution in [2.75, 3.05) is 7.11 Å². The Bertz CT molecular complexity index is 729. The van der Waals surface area contributed by atoms with Crippen molar-refractivity contribution in [2.45, 2.75) is 63.4 Å². The van der Waals surface area contributed by atoms with Crippen molar-refractivity contribution >= 4 is 5.78 Å². The minimum atomic E-state index is -0.603. The Balaban J connectivity index is 1.64. The van der Waals surface area contributed by atoms with Gasteiger partial charge in [-0.2, -0.15) is 0 Å². The van der Waals surface area contributed by atoms with Gasteiger partial charge >= 0.3 is 0 Å². The van der Waals surface area contributed by atoms with Crippen molar-refractivity contribution in [3.05, 3.63) is 29.3 Å². The maximum atomic E-state index is 13.2. The Morgan fingerprint density at radius 3 is 2.67 bits per heavy atom. The number of rotatable bonds is 1. The summed E-state index contributed by atoms with van der Waals surface area (Å²) in [6.07, 6.45) is 6.61. The Kier molecular flexibility index (Phi) is 2.76. The predicted octanol–water partition coefficient (Wildman–Crippen LogP) is 3.63. The lowest BCUT2D eigenvalue weighted by atomic mass is 9.48. The molecule has 3 heteroatoms. The minimum Gasteiger partial charge on any atom is -0.497 e. The number of ether oxygens (including phenoxy) is 1. The largest absolute Gasteiger partial charge is 0.497 e. The second-order valence-electron chi connectivity index (χ2n) is 8.85. The molecule has 4 aliphatic carbocycles. The molecule has 3 nitrogen and oxygen atoms in total. The van der Waals surface area contributed by atoms with Gasteiger partial charge in [0.1, 0.15) is 11.5 Å². The van der Waals surface area contributed by atoms with E-state index < -0.39 is 5.60 Å². The number of carbonyl (C=O) groups is 1. The lowest BCUT2D eigenvalue weighted by Crippen LogP contribution is -2.55. The summed E-state index contributed by atoms with van der Waals surface area (Å²) >= 11 is 0. The Labute approximate surface area is 143 Å². The number of methoxy groups -OCH3 is 1. The van der Waals surface area contributed by atoms with Crippen LogP contribution in [-0.4, -0.2) is 23.6 Å². The van der Waals surface area contributed by atoms with Gasteiger partial charge < -0.3 is 9.84 Å². The van der Waals surface area contributed by atoms with Crippen molar-refractivity contribution in [3.63, 3.8) is 0 Å². The van der Waals surface area contributed by atoms with Gasteiger partial charge in [-0.1, -0.05) is 13.0 Å². The van der Waals surface area contributed by atoms with Crippen molar-refractivity contribution in [3.8, 4) is 5.75 Å². The highest BCUT2D eigenvalue weighted by Gasteiger charge is 2.74. The average molecular weight is 326 g/mol. The molecule has 0 saturated heterocycles. The molecule has 0 spiro atoms. The van der Waals surface area contributed by atoms with Gasteiger partial charge in [0.15, 0.2) is 0 Å². The number of carbonyl (C=O) groups excluding carboxylic acids is 1. The summed E-state index contributed by atoms with van der Waals surface area (Å²) in [6, 6.07) is 6.24. The fourth-order valence-electron chi connectivity index (χ4n) is 7.17. The molecule has 128 valence electrons. The highest BCUT2D eigenvalue weighted by molar-refractivity contribution is 5.89. The van der Waals surface area contributed by atoms with E-state index in [1.807, 2.05) is 6.07 Å². The molecule has 1 aromatic rings. The Hall–Kier alpha value is -1.35. The number of fused-ring (bicyclic) bond motifs is 3. The minimum absolute atomic E-state index is 0.0354. The van der Waals surface area contributed by atoms with E-state index in [2.05, 4.69) is 19.1 Å². The number of hydrogen-bond acceptors (Lipinski definition) is 3. The fourth-order valence-corrected chi connectivity index (χ4v) is 7.17. The van der Waals surface area contributed by atoms with Crippen LogP contribution in [0.15, 0.2) is 18.2 Å². The van der Waals surface area contributed by atoms with Crippen LogP contribution in [0.25, 0.3) is 0 Å². The first-order valence-electron chi connectivity index (χ1n) is 9.36. The molecule has 1 N–H and O–H groups in total. The molecule has 3 saturated carbocycles. The molecule has 0 aromatic heterocycles. The Morgan fingerprint density at radius 1 is 1.21 bits per heavy atom. The van der Waals surface area contributed by atoms with E-state index in [0.717, 1.165) is 44.3 Å². The van der Waals surface area contributed by atoms with Gasteiger partial charge in [0.25, 0.3) is 0 Å². The summed E-state index contributed by atoms with van der Waals surface area (Å²) in [7, 11) is 1.70. The predicted molar refractivity (Wildman–Crippen MR) is 91.1 cm³/mol. The first-order chi connectivity index (χ1) is 11.4. The van der Waals surface area contributed by atoms with E-state index in [1.54, 1.807) is 7.11 Å². The van der Waals surface area contributed by atoms with E-state index in [-0.39, 0.29) is 16.7 Å². The van der Waals surface area contributed by atoms with Crippen molar-refractivity contribution in [2.24, 2.45) is 16.7 Å². The fraction of sp³-hybridized carbons (Fsp3) is 0.667. The standard InChI is InChI=1S/C21H26O3/c1-19-12-17(22)18-15-5-4-14(24-2)11-13(15)3-6-16(18)20(19)7-9-21(19,23)10-8-20/h4-5,11,16,18,23H,3,6-10,12H2,1-2H3/t16-,18-,19+,20?,21?/m1/s1. The highest BCUT2D eigenvalue weighted by Crippen LogP contribution is 2.76. The zero-order chi connectivity index (χ0) is 16.7. The summed E-state index contributed by atoms with van der Waals surface area (Å²) in [5.74, 6) is 1.68. The van der Waals surface area contributed by atoms with Gasteiger partial charge in [0, 0.05) is 17.8 Å². The van der Waals surface area contributed by atoms with Gasteiger partial charge in [-0.05, 0) is 73.1 Å². The van der Waals surface area contributed by atoms with Crippen LogP contribution < -0.4 is 4.74 Å². The normalized spacial score (nSPS) is 45.5. The van der Waals surface area contributed by atoms with Crippen LogP contribution in [0.4, 0.5) is 0 Å². The molecular formula is C21H26O3. The number of benzene rings is 1. The third-order valence-corrected chi connectivity index (χ3v) is 8.49. The van der Waals surface area contributed by atoms with Crippen LogP contribution in [0.5, 0.6) is 5.75 Å². The molecule has 0 aliphatic heterocycles. The summed E-state index contributed by atoms with van der Waals surface area (Å²) in [4.78, 5) is 13.2. The zero-order valence-corrected chi connectivity index (χ0v) is 14.6. The van der Waals surface area contributed by atoms with Crippen LogP contribution >= 0.6 is 0 Å². The second kappa shape index (κ2) is 4.43. The summed E-state index contributed by atoms with van der Waals surface area (Å²) in [6.45, 7) is 2.21. The number of aryl methyl sites for hydroxylation is 1. The van der Waals surface area contributed by atoms with E-state index >= 15 is 0 Å². The van der Waals surface area contributed by atoms with Gasteiger partial charge in [0.2, 0.25) is 0 Å². The third kappa shape index (κ3) is 1.47. The van der Waals surface area contributed by atoms with Crippen LogP contribution in [0, 0.1) is 16.7 Å². The highest BCUT2D eigenvalue weighted by atomic mass is 16.5. The SMILES string of the molecule is COc1ccc2c(c1)CC[C@@H]1[C@@H]2C(=O)C[C@]2(C)C3(O)CCC12CC3. The molecule has 0 unspecified atom stereocenters. The molecule has 0 amide bonds. The topological polar surface area (TPSA) is 46.5 Å². The molecule has 24 heavy (non-hydrogen) atoms. The number of Topliss-reactive ketones (excluding diaryl/α,β-unsaturated/α-hetero) is 1. The van der Waals surface area contributed by atoms with Crippen LogP contribution in [0.3, 0.4) is 0 Å². The van der Waals surface area contributed by atoms with Crippen LogP contribution in [0.1, 0.15) is 62.5 Å². The second-order valence-corrected chi connectivity index (χ2v) is 8.85. The molecule has 1 aromatic carbocycles. The molecule has 0 radical (unpaired) electrons. The quantitative estimate of drug-likeness (QED) is 0.857. The number of aliphatic hydroxyl groups is 1. The first kappa shape index (κ1) is 14.9. The third-order valence-electron chi connectivity index (χ3n) is 8.49. The molecular weight excluding hydrogens is 300 g/mol. The van der Waals surface area contributed by atoms with E-state index in [4.69, 9.17) is 4.74 Å². The average Bonchev–Trinajstić information content (AvgIpc) is 2.95. The van der Waals surface area contributed by atoms with Gasteiger partial charge in [-0.15, -0.1) is 0 Å². The summed E-state index contributed by atoms with van der Waals surface area (Å²) < 4.78 is 5.37. The molecule has 4 aliphatic rings. The van der Waals surface area contributed by atoms with E-state index in [9.17, 15) is 9.90 Å². The van der Waals surface area contributed by atoms with E-state index in [0.29, 0.717) is 18.1 Å². The molecule has 5 rings (SSSR count). The Morgan fingerprint density at radius 2 is 1.96 bits per heavy atom. The first-order valence-corrected chi connectivity index (χ1v) is 9.36. The van der Waals surface area contributed by atoms with Crippen molar-refractivity contribution < 1.29 is 14.6 Å². The maximum absolute atomic E-state index is 13.2. The summed E-state index contributed by atoms with van der Waals surface area (Å²) in [5, 5.41) is 11.2. The monoisotopic (exact) mass is 326 g/mol. The van der Waals surface area contributed by atoms with Gasteiger partial charge in [-0.3, -0.25) is 4.79 Å². The molecule has 3 fully saturated rings. The molecule has 2 bridgehead atoms. The molecule has 0 heterocycles. The van der Waals surface area contributed by atoms with Gasteiger partial charge in [0.05, 0.1) is 12.7 Å². The maximum Gasteiger partial charge on any atom is 0.141 e. The lowest BCUT2D eigenvalue weighted by Gasteiger charge is -2.55. The molecule has 3 atom stereocenters. The zero-order valence-electron chi connectivity index (χ0n) is 14.6. The lowest BCUT2D eigenvalue weighted by molar-refractivity contribution is -0.147. The van der Waals surface area contributed by atoms with Crippen LogP contribution in [0.2, 0.25) is 0 Å². The number of hydrogen-bond donors (Lipinski definition) is 1. The van der Waals surface area contributed by atoms with Gasteiger partial charge in [-0.25, -0.2) is 0 Å². The smallest absolute Gasteiger partial charge is 0.141 e. The van der Waals surface area contributed by atoms with Crippen LogP contribution in [-0.2, 0) is 11.2 Å². The number of ketones is 1. The van der Waals surface area contributed by atoms with Crippen molar-refractivity contribution in [1.82, 2.24) is 0 Å². The summed E-state index contributed by atoms with van der Waals surface area (Å²) in [5.41, 5.74) is 1.87.